The number of pyridine rings is 1. The molecular formula is C8H10F2N2. The van der Waals surface area contributed by atoms with Crippen molar-refractivity contribution in [3.8, 4) is 0 Å². The van der Waals surface area contributed by atoms with E-state index in [4.69, 9.17) is 0 Å². The molecule has 1 rings (SSSR count). The van der Waals surface area contributed by atoms with E-state index in [0.717, 1.165) is 12.3 Å². The number of nitrogens with zero attached hydrogens (tertiary/aromatic N) is 1. The molecule has 0 aliphatic heterocycles. The number of anilines is 1. The van der Waals surface area contributed by atoms with Crippen molar-refractivity contribution >= 4 is 5.82 Å². The monoisotopic (exact) mass is 172 g/mol. The summed E-state index contributed by atoms with van der Waals surface area (Å²) in [5.41, 5.74) is 0. The molecule has 66 valence electrons. The Hall–Kier alpha value is -1.19. The van der Waals surface area contributed by atoms with Crippen LogP contribution in [-0.4, -0.2) is 11.0 Å². The Bertz CT molecular complexity index is 274. The molecule has 4 heteroatoms. The first-order chi connectivity index (χ1) is 5.59. The van der Waals surface area contributed by atoms with Gasteiger partial charge >= 0.3 is 0 Å². The van der Waals surface area contributed by atoms with Gasteiger partial charge in [-0.15, -0.1) is 0 Å². The van der Waals surface area contributed by atoms with Gasteiger partial charge in [0.25, 0.3) is 0 Å². The fraction of sp³-hybridized carbons (Fsp3) is 0.375. The lowest BCUT2D eigenvalue weighted by atomic mass is 10.3. The number of nitrogens with one attached hydrogen (secondary N) is 1. The third kappa shape index (κ3) is 2.15. The van der Waals surface area contributed by atoms with Gasteiger partial charge in [-0.25, -0.2) is 13.8 Å². The van der Waals surface area contributed by atoms with Gasteiger partial charge < -0.3 is 5.32 Å². The summed E-state index contributed by atoms with van der Waals surface area (Å²) in [6.07, 6.45) is 0.980. The van der Waals surface area contributed by atoms with Gasteiger partial charge in [-0.3, -0.25) is 0 Å². The first-order valence-electron chi connectivity index (χ1n) is 3.67. The molecule has 0 aromatic carbocycles. The van der Waals surface area contributed by atoms with Crippen molar-refractivity contribution in [2.24, 2.45) is 0 Å². The van der Waals surface area contributed by atoms with Crippen LogP contribution in [0.1, 0.15) is 13.8 Å². The van der Waals surface area contributed by atoms with Crippen molar-refractivity contribution in [1.82, 2.24) is 4.98 Å². The van der Waals surface area contributed by atoms with Crippen LogP contribution in [0.4, 0.5) is 14.6 Å². The van der Waals surface area contributed by atoms with Crippen LogP contribution in [0.2, 0.25) is 0 Å². The van der Waals surface area contributed by atoms with Crippen LogP contribution in [-0.2, 0) is 0 Å². The molecule has 0 fully saturated rings. The molecule has 0 amide bonds. The fourth-order valence-corrected chi connectivity index (χ4v) is 0.794. The summed E-state index contributed by atoms with van der Waals surface area (Å²) in [6.45, 7) is 3.70. The standard InChI is InChI=1S/C8H10F2N2/c1-5(2)12-8-7(10)3-6(9)4-11-8/h3-5H,1-2H3,(H,11,12). The van der Waals surface area contributed by atoms with Gasteiger partial charge in [0.15, 0.2) is 11.6 Å². The van der Waals surface area contributed by atoms with Crippen molar-refractivity contribution in [2.45, 2.75) is 19.9 Å². The van der Waals surface area contributed by atoms with Crippen molar-refractivity contribution in [3.63, 3.8) is 0 Å². The maximum atomic E-state index is 12.8. The summed E-state index contributed by atoms with van der Waals surface area (Å²) in [5, 5.41) is 2.75. The van der Waals surface area contributed by atoms with Gasteiger partial charge in [0, 0.05) is 12.1 Å². The van der Waals surface area contributed by atoms with E-state index in [1.807, 2.05) is 13.8 Å². The van der Waals surface area contributed by atoms with Gasteiger partial charge in [-0.1, -0.05) is 0 Å². The largest absolute Gasteiger partial charge is 0.365 e. The zero-order chi connectivity index (χ0) is 9.14. The molecule has 0 spiro atoms. The average Bonchev–Trinajstić information content (AvgIpc) is 1.94. The first kappa shape index (κ1) is 8.90. The number of hydrogen-bond donors (Lipinski definition) is 1. The van der Waals surface area contributed by atoms with Crippen LogP contribution in [0, 0.1) is 11.6 Å². The van der Waals surface area contributed by atoms with Crippen LogP contribution in [0.25, 0.3) is 0 Å². The molecular weight excluding hydrogens is 162 g/mol. The molecule has 1 aromatic rings. The van der Waals surface area contributed by atoms with Gasteiger partial charge in [0.05, 0.1) is 6.20 Å². The Morgan fingerprint density at radius 3 is 2.58 bits per heavy atom. The Kier molecular flexibility index (Phi) is 2.58. The van der Waals surface area contributed by atoms with Crippen molar-refractivity contribution < 1.29 is 8.78 Å². The number of rotatable bonds is 2. The van der Waals surface area contributed by atoms with E-state index in [2.05, 4.69) is 10.3 Å². The summed E-state index contributed by atoms with van der Waals surface area (Å²) in [5.74, 6) is -1.24. The maximum Gasteiger partial charge on any atom is 0.168 e. The highest BCUT2D eigenvalue weighted by Crippen LogP contribution is 2.11. The normalized spacial score (nSPS) is 10.4. The molecule has 0 atom stereocenters. The summed E-state index contributed by atoms with van der Waals surface area (Å²) in [6, 6.07) is 0.884. The lowest BCUT2D eigenvalue weighted by Gasteiger charge is -2.08. The van der Waals surface area contributed by atoms with Crippen molar-refractivity contribution in [3.05, 3.63) is 23.9 Å². The zero-order valence-corrected chi connectivity index (χ0v) is 6.94. The SMILES string of the molecule is CC(C)Nc1ncc(F)cc1F. The Morgan fingerprint density at radius 1 is 1.42 bits per heavy atom. The number of halogens is 2. The lowest BCUT2D eigenvalue weighted by molar-refractivity contribution is 0.574. The Labute approximate surface area is 69.6 Å². The molecule has 1 N–H and O–H groups in total. The van der Waals surface area contributed by atoms with Crippen LogP contribution < -0.4 is 5.32 Å². The quantitative estimate of drug-likeness (QED) is 0.739. The molecule has 2 nitrogen and oxygen atoms in total. The minimum atomic E-state index is -0.665. The number of aromatic nitrogens is 1. The van der Waals surface area contributed by atoms with E-state index in [0.29, 0.717) is 0 Å². The highest BCUT2D eigenvalue weighted by Gasteiger charge is 2.05. The summed E-state index contributed by atoms with van der Waals surface area (Å²) < 4.78 is 25.2. The van der Waals surface area contributed by atoms with Crippen LogP contribution in [0.3, 0.4) is 0 Å². The predicted octanol–water partition coefficient (Wildman–Crippen LogP) is 2.18. The molecule has 0 bridgehead atoms. The molecule has 0 saturated carbocycles. The molecule has 1 aromatic heterocycles. The molecule has 0 saturated heterocycles. The van der Waals surface area contributed by atoms with Crippen LogP contribution in [0.5, 0.6) is 0 Å². The van der Waals surface area contributed by atoms with Crippen LogP contribution in [0.15, 0.2) is 12.3 Å². The Morgan fingerprint density at radius 2 is 2.08 bits per heavy atom. The topological polar surface area (TPSA) is 24.9 Å². The highest BCUT2D eigenvalue weighted by atomic mass is 19.1. The fourth-order valence-electron chi connectivity index (χ4n) is 0.794. The van der Waals surface area contributed by atoms with E-state index in [9.17, 15) is 8.78 Å². The van der Waals surface area contributed by atoms with Gasteiger partial charge in [0.1, 0.15) is 5.82 Å². The molecule has 0 aliphatic rings. The zero-order valence-electron chi connectivity index (χ0n) is 6.94. The molecule has 12 heavy (non-hydrogen) atoms. The van der Waals surface area contributed by atoms with E-state index < -0.39 is 11.6 Å². The number of hydrogen-bond acceptors (Lipinski definition) is 2. The van der Waals surface area contributed by atoms with Crippen LogP contribution >= 0.6 is 0 Å². The summed E-state index contributed by atoms with van der Waals surface area (Å²) >= 11 is 0. The highest BCUT2D eigenvalue weighted by molar-refractivity contribution is 5.36. The maximum absolute atomic E-state index is 12.8. The van der Waals surface area contributed by atoms with E-state index in [1.54, 1.807) is 0 Å². The van der Waals surface area contributed by atoms with E-state index in [1.165, 1.54) is 0 Å². The molecule has 0 radical (unpaired) electrons. The minimum Gasteiger partial charge on any atom is -0.365 e. The Balaban J connectivity index is 2.86. The van der Waals surface area contributed by atoms with Crippen molar-refractivity contribution in [1.29, 1.82) is 0 Å². The molecule has 1 heterocycles. The third-order valence-corrected chi connectivity index (χ3v) is 1.23. The lowest BCUT2D eigenvalue weighted by Crippen LogP contribution is -2.12. The summed E-state index contributed by atoms with van der Waals surface area (Å²) in [4.78, 5) is 3.56. The van der Waals surface area contributed by atoms with Gasteiger partial charge in [0.2, 0.25) is 0 Å². The second kappa shape index (κ2) is 3.47. The first-order valence-corrected chi connectivity index (χ1v) is 3.67. The average molecular weight is 172 g/mol. The van der Waals surface area contributed by atoms with Gasteiger partial charge in [-0.2, -0.15) is 0 Å². The van der Waals surface area contributed by atoms with E-state index in [-0.39, 0.29) is 11.9 Å². The second-order valence-corrected chi connectivity index (χ2v) is 2.78. The second-order valence-electron chi connectivity index (χ2n) is 2.78. The van der Waals surface area contributed by atoms with E-state index >= 15 is 0 Å². The minimum absolute atomic E-state index is 0.0810. The predicted molar refractivity (Wildman–Crippen MR) is 42.9 cm³/mol. The van der Waals surface area contributed by atoms with Crippen molar-refractivity contribution in [2.75, 3.05) is 5.32 Å². The molecule has 0 unspecified atom stereocenters. The van der Waals surface area contributed by atoms with Gasteiger partial charge in [-0.05, 0) is 13.8 Å². The smallest absolute Gasteiger partial charge is 0.168 e. The summed E-state index contributed by atoms with van der Waals surface area (Å²) in [7, 11) is 0. The molecule has 0 aliphatic carbocycles. The third-order valence-electron chi connectivity index (χ3n) is 1.23.